The molecule has 3 saturated heterocycles. The van der Waals surface area contributed by atoms with Crippen LogP contribution >= 0.6 is 0 Å². The van der Waals surface area contributed by atoms with Gasteiger partial charge in [0.1, 0.15) is 35.1 Å². The molecule has 9 rings (SSSR count). The normalized spacial score (nSPS) is 20.6. The Morgan fingerprint density at radius 1 is 0.815 bits per heavy atom. The summed E-state index contributed by atoms with van der Waals surface area (Å²) < 4.78 is 46.0. The molecule has 2 atom stereocenters. The highest BCUT2D eigenvalue weighted by atomic mass is 19.1. The summed E-state index contributed by atoms with van der Waals surface area (Å²) in [5, 5.41) is 6.79. The van der Waals surface area contributed by atoms with Gasteiger partial charge in [-0.15, -0.1) is 0 Å². The van der Waals surface area contributed by atoms with Crippen LogP contribution in [0.25, 0.3) is 16.9 Å². The molecule has 2 aromatic carbocycles. The summed E-state index contributed by atoms with van der Waals surface area (Å²) in [5.74, 6) is -1.40. The third-order valence-corrected chi connectivity index (χ3v) is 11.1. The van der Waals surface area contributed by atoms with E-state index >= 15 is 4.39 Å². The Hall–Kier alpha value is -5.83. The molecule has 3 aromatic heterocycles. The fourth-order valence-corrected chi connectivity index (χ4v) is 8.24. The van der Waals surface area contributed by atoms with E-state index in [0.717, 1.165) is 30.3 Å². The van der Waals surface area contributed by atoms with E-state index in [1.165, 1.54) is 17.0 Å². The van der Waals surface area contributed by atoms with Crippen molar-refractivity contribution in [1.82, 2.24) is 34.7 Å². The second kappa shape index (κ2) is 13.5. The first kappa shape index (κ1) is 34.0. The number of carbonyl (C=O) groups excluding carboxylic acids is 3. The van der Waals surface area contributed by atoms with Gasteiger partial charge in [0.2, 0.25) is 11.8 Å². The Kier molecular flexibility index (Phi) is 8.52. The van der Waals surface area contributed by atoms with Crippen LogP contribution in [-0.2, 0) is 22.7 Å². The second-order valence-electron chi connectivity index (χ2n) is 14.2. The number of hydrogen-bond acceptors (Lipinski definition) is 9. The molecule has 3 fully saturated rings. The lowest BCUT2D eigenvalue weighted by atomic mass is 10.0. The fraction of sp³-hybridized carbons (Fsp3) is 0.333. The number of aromatic nitrogens is 4. The van der Waals surface area contributed by atoms with Gasteiger partial charge < -0.3 is 14.7 Å². The van der Waals surface area contributed by atoms with Crippen LogP contribution in [-0.4, -0.2) is 85.9 Å². The highest BCUT2D eigenvalue weighted by Crippen LogP contribution is 2.37. The maximum atomic E-state index is 15.8. The van der Waals surface area contributed by atoms with Gasteiger partial charge in [0.05, 0.1) is 30.0 Å². The number of hydrogen-bond donors (Lipinski definition) is 1. The highest BCUT2D eigenvalue weighted by Gasteiger charge is 2.40. The molecule has 0 saturated carbocycles. The van der Waals surface area contributed by atoms with Crippen molar-refractivity contribution in [3.63, 3.8) is 0 Å². The van der Waals surface area contributed by atoms with Crippen LogP contribution in [0.2, 0.25) is 0 Å². The molecule has 7 heterocycles. The molecule has 15 heteroatoms. The van der Waals surface area contributed by atoms with Gasteiger partial charge in [0.15, 0.2) is 5.65 Å². The van der Waals surface area contributed by atoms with E-state index in [1.54, 1.807) is 22.8 Å². The Morgan fingerprint density at radius 2 is 1.67 bits per heavy atom. The van der Waals surface area contributed by atoms with Crippen molar-refractivity contribution in [1.29, 1.82) is 0 Å². The Balaban J connectivity index is 0.877. The number of nitrogens with one attached hydrogen (secondary N) is 1. The number of pyridine rings is 1. The molecular weight excluding hydrogens is 699 g/mol. The topological polar surface area (TPSA) is 119 Å². The number of carbonyl (C=O) groups is 3. The van der Waals surface area contributed by atoms with Crippen LogP contribution in [0.15, 0.2) is 67.0 Å². The van der Waals surface area contributed by atoms with Crippen LogP contribution < -0.4 is 15.1 Å². The van der Waals surface area contributed by atoms with Crippen LogP contribution in [0.1, 0.15) is 58.8 Å². The summed E-state index contributed by atoms with van der Waals surface area (Å²) in [7, 11) is 0. The van der Waals surface area contributed by atoms with E-state index in [2.05, 4.69) is 25.1 Å². The van der Waals surface area contributed by atoms with Gasteiger partial charge in [-0.1, -0.05) is 18.2 Å². The average molecular weight is 736 g/mol. The first-order valence-electron chi connectivity index (χ1n) is 18.2. The number of benzene rings is 2. The lowest BCUT2D eigenvalue weighted by Crippen LogP contribution is -2.52. The predicted octanol–water partition coefficient (Wildman–Crippen LogP) is 4.63. The molecule has 4 aliphatic heterocycles. The molecule has 0 aliphatic carbocycles. The SMILES string of the molecule is O=C1CCC(N2Cc3c(ccc(CN4CCN(c5cccc(-c6cnn7ccc(N8CCCC8c8ccc(F)cc8F)nc67)n5)CC4)c3F)C2=O)C(=O)N1. The minimum Gasteiger partial charge on any atom is -0.354 e. The molecule has 276 valence electrons. The Morgan fingerprint density at radius 3 is 2.48 bits per heavy atom. The van der Waals surface area contributed by atoms with Crippen molar-refractivity contribution in [2.45, 2.75) is 50.9 Å². The largest absolute Gasteiger partial charge is 0.354 e. The molecule has 0 spiro atoms. The van der Waals surface area contributed by atoms with Crippen molar-refractivity contribution in [3.8, 4) is 11.3 Å². The standard InChI is InChI=1S/C39H36F3N9O3/c40-24-7-9-26(29(41)19-24)31-4-2-13-49(31)34-12-14-51-37(45-34)27(20-43-51)30-3-1-5-33(44-30)48-17-15-47(16-18-48)21-23-6-8-25-28(36(23)42)22-50(39(25)54)32-10-11-35(52)46-38(32)53/h1,3,5-9,12,14,19-20,31-32H,2,4,10-11,13,15-18,21-22H2,(H,46,52,53). The van der Waals surface area contributed by atoms with Gasteiger partial charge in [0.25, 0.3) is 5.91 Å². The third-order valence-electron chi connectivity index (χ3n) is 11.1. The molecule has 5 aromatic rings. The summed E-state index contributed by atoms with van der Waals surface area (Å²) in [6, 6.07) is 13.7. The quantitative estimate of drug-likeness (QED) is 0.239. The monoisotopic (exact) mass is 735 g/mol. The smallest absolute Gasteiger partial charge is 0.255 e. The van der Waals surface area contributed by atoms with Crippen LogP contribution in [0.5, 0.6) is 0 Å². The molecule has 4 aliphatic rings. The molecule has 0 bridgehead atoms. The van der Waals surface area contributed by atoms with E-state index < -0.39 is 35.3 Å². The van der Waals surface area contributed by atoms with Gasteiger partial charge in [-0.25, -0.2) is 27.7 Å². The van der Waals surface area contributed by atoms with Crippen LogP contribution in [0.3, 0.4) is 0 Å². The summed E-state index contributed by atoms with van der Waals surface area (Å²) in [6.07, 6.45) is 5.51. The highest BCUT2D eigenvalue weighted by molar-refractivity contribution is 6.05. The van der Waals surface area contributed by atoms with Gasteiger partial charge >= 0.3 is 0 Å². The van der Waals surface area contributed by atoms with Crippen LogP contribution in [0.4, 0.5) is 24.8 Å². The zero-order valence-electron chi connectivity index (χ0n) is 29.2. The molecular formula is C39H36F3N9O3. The predicted molar refractivity (Wildman–Crippen MR) is 192 cm³/mol. The van der Waals surface area contributed by atoms with Gasteiger partial charge in [-0.2, -0.15) is 5.10 Å². The number of halogens is 3. The van der Waals surface area contributed by atoms with E-state index in [-0.39, 0.29) is 42.5 Å². The van der Waals surface area contributed by atoms with Crippen molar-refractivity contribution in [3.05, 3.63) is 107 Å². The number of fused-ring (bicyclic) bond motifs is 2. The molecule has 2 unspecified atom stereocenters. The Labute approximate surface area is 308 Å². The minimum absolute atomic E-state index is 0.00577. The summed E-state index contributed by atoms with van der Waals surface area (Å²) in [5.41, 5.74) is 3.56. The Bertz CT molecular complexity index is 2330. The van der Waals surface area contributed by atoms with Gasteiger partial charge in [-0.05, 0) is 49.6 Å². The van der Waals surface area contributed by atoms with Crippen molar-refractivity contribution in [2.24, 2.45) is 0 Å². The molecule has 12 nitrogen and oxygen atoms in total. The number of piperidine rings is 1. The van der Waals surface area contributed by atoms with Gasteiger partial charge in [0, 0.05) is 80.2 Å². The van der Waals surface area contributed by atoms with Crippen LogP contribution in [0, 0.1) is 17.5 Å². The van der Waals surface area contributed by atoms with E-state index in [9.17, 15) is 23.2 Å². The number of amides is 3. The number of piperazine rings is 1. The number of rotatable bonds is 7. The second-order valence-corrected chi connectivity index (χ2v) is 14.2. The van der Waals surface area contributed by atoms with Crippen molar-refractivity contribution >= 4 is 35.0 Å². The van der Waals surface area contributed by atoms with E-state index in [4.69, 9.17) is 9.97 Å². The number of nitrogens with zero attached hydrogens (tertiary/aromatic N) is 8. The minimum atomic E-state index is -0.795. The van der Waals surface area contributed by atoms with Crippen molar-refractivity contribution < 1.29 is 27.6 Å². The molecule has 54 heavy (non-hydrogen) atoms. The van der Waals surface area contributed by atoms with Crippen molar-refractivity contribution in [2.75, 3.05) is 42.5 Å². The van der Waals surface area contributed by atoms with E-state index in [0.29, 0.717) is 67.6 Å². The summed E-state index contributed by atoms with van der Waals surface area (Å²) in [4.78, 5) is 54.9. The molecule has 1 N–H and O–H groups in total. The van der Waals surface area contributed by atoms with E-state index in [1.807, 2.05) is 30.5 Å². The maximum Gasteiger partial charge on any atom is 0.255 e. The molecule has 3 amide bonds. The maximum absolute atomic E-state index is 15.8. The first-order valence-corrected chi connectivity index (χ1v) is 18.2. The zero-order chi connectivity index (χ0) is 37.1. The zero-order valence-corrected chi connectivity index (χ0v) is 29.2. The lowest BCUT2D eigenvalue weighted by Gasteiger charge is -2.35. The lowest BCUT2D eigenvalue weighted by molar-refractivity contribution is -0.136. The van der Waals surface area contributed by atoms with Gasteiger partial charge in [-0.3, -0.25) is 24.6 Å². The number of anilines is 2. The average Bonchev–Trinajstić information content (AvgIpc) is 3.91. The first-order chi connectivity index (χ1) is 26.2. The molecule has 0 radical (unpaired) electrons. The third kappa shape index (κ3) is 6.01. The summed E-state index contributed by atoms with van der Waals surface area (Å²) >= 11 is 0. The summed E-state index contributed by atoms with van der Waals surface area (Å²) in [6.45, 7) is 3.71. The fourth-order valence-electron chi connectivity index (χ4n) is 8.24. The number of imide groups is 1.